The van der Waals surface area contributed by atoms with E-state index in [1.165, 1.54) is 23.1 Å². The molecule has 0 atom stereocenters. The van der Waals surface area contributed by atoms with Crippen molar-refractivity contribution in [3.8, 4) is 27.8 Å². The molecule has 3 aromatic heterocycles. The van der Waals surface area contributed by atoms with Crippen LogP contribution in [-0.2, 0) is 5.75 Å². The Morgan fingerprint density at radius 3 is 2.68 bits per heavy atom. The highest BCUT2D eigenvalue weighted by Gasteiger charge is 2.21. The Kier molecular flexibility index (Phi) is 6.15. The van der Waals surface area contributed by atoms with Gasteiger partial charge in [-0.15, -0.1) is 11.3 Å². The number of anilines is 1. The second-order valence-electron chi connectivity index (χ2n) is 6.31. The Morgan fingerprint density at radius 2 is 2.00 bits per heavy atom. The van der Waals surface area contributed by atoms with Gasteiger partial charge in [0, 0.05) is 39.7 Å². The first-order chi connectivity index (χ1) is 15.1. The van der Waals surface area contributed by atoms with Crippen LogP contribution in [0.1, 0.15) is 11.3 Å². The molecule has 0 bridgehead atoms. The van der Waals surface area contributed by atoms with Crippen molar-refractivity contribution in [2.24, 2.45) is 0 Å². The maximum Gasteiger partial charge on any atom is 0.237 e. The van der Waals surface area contributed by atoms with Crippen LogP contribution < -0.4 is 5.73 Å². The number of thioether (sulfide) groups is 1. The minimum absolute atomic E-state index is 0.0930. The van der Waals surface area contributed by atoms with Crippen LogP contribution >= 0.6 is 34.7 Å². The third-order valence-corrected chi connectivity index (χ3v) is 6.54. The summed E-state index contributed by atoms with van der Waals surface area (Å²) in [6.45, 7) is 7.50. The quantitative estimate of drug-likeness (QED) is 0.281. The lowest BCUT2D eigenvalue weighted by Gasteiger charge is -2.12. The Hall–Kier alpha value is -3.43. The van der Waals surface area contributed by atoms with Crippen molar-refractivity contribution in [3.05, 3.63) is 81.9 Å². The van der Waals surface area contributed by atoms with Gasteiger partial charge in [0.05, 0.1) is 17.8 Å². The van der Waals surface area contributed by atoms with E-state index in [-0.39, 0.29) is 11.5 Å². The number of hydrogen-bond donors (Lipinski definition) is 1. The minimum Gasteiger partial charge on any atom is -0.392 e. The molecule has 4 rings (SSSR count). The molecule has 0 saturated carbocycles. The number of thiazole rings is 1. The maximum absolute atomic E-state index is 9.85. The number of rotatable bonds is 5. The topological polar surface area (TPSA) is 92.8 Å². The summed E-state index contributed by atoms with van der Waals surface area (Å²) in [5.41, 5.74) is 9.50. The molecule has 6 nitrogen and oxygen atoms in total. The van der Waals surface area contributed by atoms with Gasteiger partial charge in [0.2, 0.25) is 5.69 Å². The average molecular weight is 461 g/mol. The zero-order valence-corrected chi connectivity index (χ0v) is 18.3. The first-order valence-electron chi connectivity index (χ1n) is 8.95. The summed E-state index contributed by atoms with van der Waals surface area (Å²) in [4.78, 5) is 16.6. The predicted octanol–water partition coefficient (Wildman–Crippen LogP) is 6.22. The van der Waals surface area contributed by atoms with Crippen molar-refractivity contribution in [2.45, 2.75) is 10.8 Å². The highest BCUT2D eigenvalue weighted by molar-refractivity contribution is 7.98. The van der Waals surface area contributed by atoms with Gasteiger partial charge in [-0.1, -0.05) is 41.6 Å². The van der Waals surface area contributed by atoms with Crippen molar-refractivity contribution in [3.63, 3.8) is 0 Å². The molecule has 9 heteroatoms. The molecule has 0 spiro atoms. The summed E-state index contributed by atoms with van der Waals surface area (Å²) < 4.78 is 0. The highest BCUT2D eigenvalue weighted by Crippen LogP contribution is 2.41. The molecule has 31 heavy (non-hydrogen) atoms. The van der Waals surface area contributed by atoms with Crippen LogP contribution in [0.15, 0.2) is 59.2 Å². The van der Waals surface area contributed by atoms with Crippen molar-refractivity contribution in [1.29, 1.82) is 5.26 Å². The molecule has 0 unspecified atom stereocenters. The van der Waals surface area contributed by atoms with E-state index >= 15 is 0 Å². The molecular weight excluding hydrogens is 448 g/mol. The summed E-state index contributed by atoms with van der Waals surface area (Å²) >= 11 is 8.86. The van der Waals surface area contributed by atoms with Crippen LogP contribution in [0.25, 0.3) is 26.5 Å². The van der Waals surface area contributed by atoms with E-state index < -0.39 is 0 Å². The number of halogens is 1. The van der Waals surface area contributed by atoms with Crippen molar-refractivity contribution < 1.29 is 0 Å². The zero-order valence-electron chi connectivity index (χ0n) is 15.9. The molecule has 0 fully saturated rings. The normalized spacial score (nSPS) is 10.4. The molecule has 0 radical (unpaired) electrons. The lowest BCUT2D eigenvalue weighted by molar-refractivity contribution is 1.12. The van der Waals surface area contributed by atoms with E-state index in [0.717, 1.165) is 16.3 Å². The predicted molar refractivity (Wildman–Crippen MR) is 125 cm³/mol. The van der Waals surface area contributed by atoms with Gasteiger partial charge in [-0.3, -0.25) is 4.98 Å². The largest absolute Gasteiger partial charge is 0.392 e. The monoisotopic (exact) mass is 460 g/mol. The molecule has 150 valence electrons. The van der Waals surface area contributed by atoms with E-state index in [1.54, 1.807) is 24.5 Å². The lowest BCUT2D eigenvalue weighted by Crippen LogP contribution is -1.99. The number of benzene rings is 1. The summed E-state index contributed by atoms with van der Waals surface area (Å²) in [6.07, 6.45) is 3.24. The first kappa shape index (κ1) is 20.8. The Balaban J connectivity index is 1.65. The lowest BCUT2D eigenvalue weighted by atomic mass is 10.0. The summed E-state index contributed by atoms with van der Waals surface area (Å²) in [5, 5.41) is 13.9. The van der Waals surface area contributed by atoms with Crippen LogP contribution in [0.4, 0.5) is 11.5 Å². The number of pyridine rings is 2. The molecule has 0 aliphatic carbocycles. The van der Waals surface area contributed by atoms with E-state index in [0.29, 0.717) is 32.5 Å². The van der Waals surface area contributed by atoms with E-state index in [9.17, 15) is 5.26 Å². The average Bonchev–Trinajstić information content (AvgIpc) is 3.27. The molecule has 3 heterocycles. The zero-order chi connectivity index (χ0) is 21.8. The summed E-state index contributed by atoms with van der Waals surface area (Å²) in [5.74, 6) is 0.602. The third kappa shape index (κ3) is 4.37. The Labute approximate surface area is 192 Å². The van der Waals surface area contributed by atoms with Gasteiger partial charge in [0.25, 0.3) is 0 Å². The van der Waals surface area contributed by atoms with E-state index in [1.807, 2.05) is 29.6 Å². The van der Waals surface area contributed by atoms with Gasteiger partial charge in [-0.25, -0.2) is 14.8 Å². The molecule has 4 aromatic rings. The molecular formula is C22H13ClN6S2. The van der Waals surface area contributed by atoms with Crippen LogP contribution in [-0.4, -0.2) is 15.0 Å². The van der Waals surface area contributed by atoms with Crippen LogP contribution in [0.2, 0.25) is 5.02 Å². The van der Waals surface area contributed by atoms with Gasteiger partial charge < -0.3 is 5.73 Å². The van der Waals surface area contributed by atoms with Crippen LogP contribution in [0, 0.1) is 17.9 Å². The second kappa shape index (κ2) is 9.15. The molecule has 0 aliphatic heterocycles. The van der Waals surface area contributed by atoms with Crippen molar-refractivity contribution in [2.75, 3.05) is 5.73 Å². The SMILES string of the molecule is [C-]#[N+]c1c(N)nc(SCc2csc(-c3ccc(Cl)cc3)n2)c(C#N)c1-c1cccnc1. The Morgan fingerprint density at radius 1 is 1.19 bits per heavy atom. The van der Waals surface area contributed by atoms with Gasteiger partial charge >= 0.3 is 0 Å². The first-order valence-corrected chi connectivity index (χ1v) is 11.2. The van der Waals surface area contributed by atoms with Gasteiger partial charge in [-0.05, 0) is 23.8 Å². The molecule has 0 aliphatic rings. The van der Waals surface area contributed by atoms with Gasteiger partial charge in [-0.2, -0.15) is 5.26 Å². The number of aromatic nitrogens is 3. The molecule has 0 amide bonds. The maximum atomic E-state index is 9.85. The smallest absolute Gasteiger partial charge is 0.237 e. The van der Waals surface area contributed by atoms with E-state index in [4.69, 9.17) is 23.9 Å². The third-order valence-electron chi connectivity index (χ3n) is 4.34. The summed E-state index contributed by atoms with van der Waals surface area (Å²) in [6, 6.07) is 13.3. The van der Waals surface area contributed by atoms with Crippen LogP contribution in [0.5, 0.6) is 0 Å². The molecule has 1 aromatic carbocycles. The summed E-state index contributed by atoms with van der Waals surface area (Å²) in [7, 11) is 0. The number of nitrogens with zero attached hydrogens (tertiary/aromatic N) is 5. The van der Waals surface area contributed by atoms with Crippen molar-refractivity contribution in [1.82, 2.24) is 15.0 Å². The Bertz CT molecular complexity index is 1320. The standard InChI is InChI=1S/C22H13ClN6S2/c1-26-19-18(14-3-2-8-27-10-14)17(9-24)22(29-20(19)25)31-12-16-11-30-21(28-16)13-4-6-15(23)7-5-13/h2-8,10-11H,12H2,(H2,25,29). The molecule has 2 N–H and O–H groups in total. The second-order valence-corrected chi connectivity index (χ2v) is 8.56. The molecule has 0 saturated heterocycles. The van der Waals surface area contributed by atoms with Crippen molar-refractivity contribution >= 4 is 46.2 Å². The van der Waals surface area contributed by atoms with Crippen LogP contribution in [0.3, 0.4) is 0 Å². The highest BCUT2D eigenvalue weighted by atomic mass is 35.5. The minimum atomic E-state index is 0.0930. The fourth-order valence-electron chi connectivity index (χ4n) is 2.93. The number of nitriles is 1. The number of hydrogen-bond acceptors (Lipinski definition) is 7. The number of nitrogen functional groups attached to an aromatic ring is 1. The van der Waals surface area contributed by atoms with E-state index in [2.05, 4.69) is 25.9 Å². The fraction of sp³-hybridized carbons (Fsp3) is 0.0455. The number of nitrogens with two attached hydrogens (primary N) is 1. The fourth-order valence-corrected chi connectivity index (χ4v) is 4.87. The van der Waals surface area contributed by atoms with Gasteiger partial charge in [0.1, 0.15) is 21.9 Å². The van der Waals surface area contributed by atoms with Gasteiger partial charge in [0.15, 0.2) is 0 Å².